The Hall–Kier alpha value is -3.17. The molecule has 0 radical (unpaired) electrons. The van der Waals surface area contributed by atoms with Gasteiger partial charge in [0.2, 0.25) is 0 Å². The van der Waals surface area contributed by atoms with Gasteiger partial charge in [0.25, 0.3) is 11.8 Å². The molecule has 0 aliphatic carbocycles. The lowest BCUT2D eigenvalue weighted by Gasteiger charge is -2.16. The zero-order chi connectivity index (χ0) is 23.9. The van der Waals surface area contributed by atoms with Crippen LogP contribution < -0.4 is 10.6 Å². The number of carbonyl (C=O) groups is 2. The Labute approximate surface area is 204 Å². The summed E-state index contributed by atoms with van der Waals surface area (Å²) in [5, 5.41) is 14.4. The number of carbonyl (C=O) groups excluding carboxylic acids is 2. The largest absolute Gasteiger partial charge is 0.352 e. The van der Waals surface area contributed by atoms with E-state index in [4.69, 9.17) is 0 Å². The highest BCUT2D eigenvalue weighted by Crippen LogP contribution is 2.20. The molecule has 4 rings (SSSR count). The van der Waals surface area contributed by atoms with Crippen molar-refractivity contribution in [2.24, 2.45) is 0 Å². The van der Waals surface area contributed by atoms with Crippen molar-refractivity contribution in [3.8, 4) is 5.69 Å². The van der Waals surface area contributed by atoms with E-state index in [0.717, 1.165) is 37.4 Å². The second-order valence-corrected chi connectivity index (χ2v) is 9.18. The highest BCUT2D eigenvalue weighted by atomic mass is 32.2. The number of aromatic nitrogens is 3. The van der Waals surface area contributed by atoms with Crippen LogP contribution in [0.15, 0.2) is 54.6 Å². The van der Waals surface area contributed by atoms with Crippen molar-refractivity contribution in [1.29, 1.82) is 0 Å². The maximum Gasteiger partial charge on any atom is 0.274 e. The number of hydrogen-bond acceptors (Lipinski definition) is 6. The van der Waals surface area contributed by atoms with Gasteiger partial charge in [-0.1, -0.05) is 35.5 Å². The van der Waals surface area contributed by atoms with Crippen LogP contribution in [0.3, 0.4) is 0 Å². The van der Waals surface area contributed by atoms with E-state index < -0.39 is 0 Å². The van der Waals surface area contributed by atoms with Gasteiger partial charge in [0.15, 0.2) is 5.69 Å². The minimum absolute atomic E-state index is 0.0832. The molecule has 1 fully saturated rings. The Morgan fingerprint density at radius 2 is 1.85 bits per heavy atom. The van der Waals surface area contributed by atoms with Gasteiger partial charge in [-0.2, -0.15) is 11.8 Å². The lowest BCUT2D eigenvalue weighted by molar-refractivity contribution is 0.0929. The van der Waals surface area contributed by atoms with Gasteiger partial charge in [-0.25, -0.2) is 4.68 Å². The number of nitrogens with zero attached hydrogens (tertiary/aromatic N) is 4. The van der Waals surface area contributed by atoms with Crippen molar-refractivity contribution < 1.29 is 9.59 Å². The lowest BCUT2D eigenvalue weighted by atomic mass is 10.2. The van der Waals surface area contributed by atoms with Crippen LogP contribution >= 0.6 is 11.8 Å². The van der Waals surface area contributed by atoms with Gasteiger partial charge in [-0.15, -0.1) is 5.10 Å². The summed E-state index contributed by atoms with van der Waals surface area (Å²) in [7, 11) is 0. The van der Waals surface area contributed by atoms with Crippen molar-refractivity contribution in [3.05, 3.63) is 77.1 Å². The van der Waals surface area contributed by atoms with Crippen LogP contribution in [0.25, 0.3) is 5.69 Å². The molecule has 1 aliphatic heterocycles. The van der Waals surface area contributed by atoms with E-state index in [1.54, 1.807) is 28.6 Å². The van der Waals surface area contributed by atoms with Crippen LogP contribution in [0.4, 0.5) is 0 Å². The molecule has 1 aromatic heterocycles. The highest BCUT2D eigenvalue weighted by Gasteiger charge is 2.27. The van der Waals surface area contributed by atoms with Crippen LogP contribution in [-0.2, 0) is 12.3 Å². The zero-order valence-electron chi connectivity index (χ0n) is 19.5. The summed E-state index contributed by atoms with van der Waals surface area (Å²) in [6.07, 6.45) is 2.89. The van der Waals surface area contributed by atoms with Crippen molar-refractivity contribution in [1.82, 2.24) is 30.5 Å². The average molecular weight is 479 g/mol. The van der Waals surface area contributed by atoms with E-state index in [0.29, 0.717) is 23.6 Å². The molecule has 2 heterocycles. The van der Waals surface area contributed by atoms with Crippen molar-refractivity contribution in [2.75, 3.05) is 25.9 Å². The molecule has 3 aromatic rings. The fourth-order valence-electron chi connectivity index (χ4n) is 4.16. The Morgan fingerprint density at radius 1 is 1.09 bits per heavy atom. The third-order valence-corrected chi connectivity index (χ3v) is 6.39. The molecule has 2 N–H and O–H groups in total. The number of thioether (sulfide) groups is 1. The summed E-state index contributed by atoms with van der Waals surface area (Å²) in [6.45, 7) is 5.10. The standard InChI is InChI=1S/C25H30N6O2S/c1-3-26-24(32)19-9-11-21(12-10-19)31-22(17-34-2)23(28-29-31)25(33)27-20-13-14-30(16-20)15-18-7-5-4-6-8-18/h4-12,20H,3,13-17H2,1-2H3,(H,26,32)(H,27,33). The summed E-state index contributed by atoms with van der Waals surface area (Å²) in [6, 6.07) is 17.6. The second-order valence-electron chi connectivity index (χ2n) is 8.32. The molecule has 1 atom stereocenters. The van der Waals surface area contributed by atoms with Gasteiger partial charge in [0.1, 0.15) is 0 Å². The van der Waals surface area contributed by atoms with Crippen molar-refractivity contribution in [3.63, 3.8) is 0 Å². The topological polar surface area (TPSA) is 92.1 Å². The van der Waals surface area contributed by atoms with Gasteiger partial charge in [0, 0.05) is 43.5 Å². The molecule has 2 amide bonds. The first kappa shape index (κ1) is 24.0. The van der Waals surface area contributed by atoms with Crippen molar-refractivity contribution >= 4 is 23.6 Å². The van der Waals surface area contributed by atoms with Gasteiger partial charge < -0.3 is 10.6 Å². The number of nitrogens with one attached hydrogen (secondary N) is 2. The maximum atomic E-state index is 13.1. The Morgan fingerprint density at radius 3 is 2.56 bits per heavy atom. The van der Waals surface area contributed by atoms with E-state index in [2.05, 4.69) is 50.1 Å². The second kappa shape index (κ2) is 11.3. The van der Waals surface area contributed by atoms with Gasteiger partial charge in [-0.3, -0.25) is 14.5 Å². The molecule has 1 saturated heterocycles. The van der Waals surface area contributed by atoms with E-state index in [1.165, 1.54) is 5.56 Å². The monoisotopic (exact) mass is 478 g/mol. The number of hydrogen-bond donors (Lipinski definition) is 2. The summed E-state index contributed by atoms with van der Waals surface area (Å²) >= 11 is 1.61. The van der Waals surface area contributed by atoms with E-state index in [9.17, 15) is 9.59 Å². The number of rotatable bonds is 9. The predicted octanol–water partition coefficient (Wildman–Crippen LogP) is 2.88. The minimum atomic E-state index is -0.194. The molecule has 8 nitrogen and oxygen atoms in total. The molecule has 1 unspecified atom stereocenters. The van der Waals surface area contributed by atoms with Gasteiger partial charge in [0.05, 0.1) is 11.4 Å². The van der Waals surface area contributed by atoms with Gasteiger partial charge >= 0.3 is 0 Å². The number of benzene rings is 2. The van der Waals surface area contributed by atoms with Crippen molar-refractivity contribution in [2.45, 2.75) is 31.7 Å². The molecular weight excluding hydrogens is 448 g/mol. The predicted molar refractivity (Wildman–Crippen MR) is 134 cm³/mol. The normalized spacial score (nSPS) is 15.9. The van der Waals surface area contributed by atoms with Crippen LogP contribution in [0.2, 0.25) is 0 Å². The Bertz CT molecular complexity index is 1120. The first-order valence-corrected chi connectivity index (χ1v) is 12.9. The molecule has 34 heavy (non-hydrogen) atoms. The van der Waals surface area contributed by atoms with Crippen LogP contribution in [0.1, 0.15) is 45.4 Å². The smallest absolute Gasteiger partial charge is 0.274 e. The first-order valence-electron chi connectivity index (χ1n) is 11.5. The summed E-state index contributed by atoms with van der Waals surface area (Å²) < 4.78 is 1.68. The molecule has 2 aromatic carbocycles. The summed E-state index contributed by atoms with van der Waals surface area (Å²) in [4.78, 5) is 27.5. The Kier molecular flexibility index (Phi) is 7.97. The summed E-state index contributed by atoms with van der Waals surface area (Å²) in [5.41, 5.74) is 3.71. The fourth-order valence-corrected chi connectivity index (χ4v) is 4.69. The average Bonchev–Trinajstić information content (AvgIpc) is 3.47. The van der Waals surface area contributed by atoms with E-state index in [1.807, 2.05) is 31.4 Å². The third kappa shape index (κ3) is 5.66. The minimum Gasteiger partial charge on any atom is -0.352 e. The number of likely N-dealkylation sites (tertiary alicyclic amines) is 1. The Balaban J connectivity index is 1.44. The molecule has 0 spiro atoms. The van der Waals surface area contributed by atoms with Gasteiger partial charge in [-0.05, 0) is 49.4 Å². The molecule has 1 aliphatic rings. The third-order valence-electron chi connectivity index (χ3n) is 5.83. The highest BCUT2D eigenvalue weighted by molar-refractivity contribution is 7.97. The molecule has 0 saturated carbocycles. The summed E-state index contributed by atoms with van der Waals surface area (Å²) in [5.74, 6) is 0.286. The maximum absolute atomic E-state index is 13.1. The van der Waals surface area contributed by atoms with E-state index in [-0.39, 0.29) is 17.9 Å². The lowest BCUT2D eigenvalue weighted by Crippen LogP contribution is -2.37. The van der Waals surface area contributed by atoms with E-state index >= 15 is 0 Å². The SMILES string of the molecule is CCNC(=O)c1ccc(-n2nnc(C(=O)NC3CCN(Cc4ccccc4)C3)c2CSC)cc1. The fraction of sp³-hybridized carbons (Fsp3) is 0.360. The van der Waals surface area contributed by atoms with Crippen LogP contribution in [0.5, 0.6) is 0 Å². The zero-order valence-corrected chi connectivity index (χ0v) is 20.3. The molecule has 9 heteroatoms. The first-order chi connectivity index (χ1) is 16.6. The van der Waals surface area contributed by atoms with Crippen LogP contribution in [-0.4, -0.2) is 63.6 Å². The number of amides is 2. The molecule has 178 valence electrons. The quantitative estimate of drug-likeness (QED) is 0.491. The van der Waals surface area contributed by atoms with Crippen LogP contribution in [0, 0.1) is 0 Å². The molecule has 0 bridgehead atoms. The molecular formula is C25H30N6O2S.